The number of nitrogens with one attached hydrogen (secondary N) is 2. The van der Waals surface area contributed by atoms with Crippen molar-refractivity contribution in [2.45, 2.75) is 49.1 Å². The molecule has 4 N–H and O–H groups in total. The molecule has 190 valence electrons. The van der Waals surface area contributed by atoms with Gasteiger partial charge in [-0.2, -0.15) is 0 Å². The molecule has 0 bridgehead atoms. The first-order valence-electron chi connectivity index (χ1n) is 11.8. The Kier molecular flexibility index (Phi) is 8.10. The van der Waals surface area contributed by atoms with Crippen LogP contribution in [0.3, 0.4) is 0 Å². The Bertz CT molecular complexity index is 1270. The third-order valence-electron chi connectivity index (χ3n) is 6.16. The smallest absolute Gasteiger partial charge is 0.266 e. The van der Waals surface area contributed by atoms with E-state index in [1.807, 2.05) is 14.1 Å². The molecule has 0 radical (unpaired) electrons. The van der Waals surface area contributed by atoms with Crippen LogP contribution in [0, 0.1) is 5.82 Å². The van der Waals surface area contributed by atoms with Crippen molar-refractivity contribution in [1.29, 1.82) is 0 Å². The zero-order valence-corrected chi connectivity index (χ0v) is 21.6. The van der Waals surface area contributed by atoms with E-state index in [1.54, 1.807) is 24.3 Å². The number of hydrogen-bond donors (Lipinski definition) is 3. The monoisotopic (exact) mass is 521 g/mol. The SMILES string of the molecule is CN(C)[C@H]1CCCC[C@@H]1Nc1ccc(S(=O)(=O)Nc2nc3ccc(OCCCN)cc3s2)c(F)c1. The van der Waals surface area contributed by atoms with Crippen molar-refractivity contribution in [2.24, 2.45) is 5.73 Å². The minimum Gasteiger partial charge on any atom is -0.493 e. The average Bonchev–Trinajstić information content (AvgIpc) is 3.20. The standard InChI is InChI=1S/C24H32FN5O3S2/c1-30(2)21-7-4-3-6-19(21)27-16-8-11-23(18(25)14-16)35(31,32)29-24-28-20-10-9-17(15-22(20)34-24)33-13-5-12-26/h8-11,14-15,19,21,27H,3-7,12-13,26H2,1-2H3,(H,28,29)/t19-,21-/m0/s1. The molecule has 2 aromatic carbocycles. The Hall–Kier alpha value is -2.47. The van der Waals surface area contributed by atoms with Crippen LogP contribution >= 0.6 is 11.3 Å². The number of aromatic nitrogens is 1. The summed E-state index contributed by atoms with van der Waals surface area (Å²) < 4.78 is 49.6. The summed E-state index contributed by atoms with van der Waals surface area (Å²) in [6.45, 7) is 1.04. The maximum Gasteiger partial charge on any atom is 0.266 e. The maximum absolute atomic E-state index is 15.0. The fraction of sp³-hybridized carbons (Fsp3) is 0.458. The third kappa shape index (κ3) is 6.21. The van der Waals surface area contributed by atoms with E-state index in [9.17, 15) is 12.8 Å². The van der Waals surface area contributed by atoms with Gasteiger partial charge < -0.3 is 20.7 Å². The lowest BCUT2D eigenvalue weighted by molar-refractivity contribution is 0.211. The fourth-order valence-corrected chi connectivity index (χ4v) is 6.59. The number of fused-ring (bicyclic) bond motifs is 1. The van der Waals surface area contributed by atoms with Crippen LogP contribution in [-0.2, 0) is 10.0 Å². The van der Waals surface area contributed by atoms with Gasteiger partial charge >= 0.3 is 0 Å². The highest BCUT2D eigenvalue weighted by Crippen LogP contribution is 2.32. The van der Waals surface area contributed by atoms with Crippen LogP contribution in [0.1, 0.15) is 32.1 Å². The van der Waals surface area contributed by atoms with Gasteiger partial charge in [-0.05, 0) is 76.3 Å². The minimum absolute atomic E-state index is 0.164. The Morgan fingerprint density at radius 2 is 2.00 bits per heavy atom. The predicted octanol–water partition coefficient (Wildman–Crippen LogP) is 4.25. The number of benzene rings is 2. The van der Waals surface area contributed by atoms with Crippen LogP contribution in [0.5, 0.6) is 5.75 Å². The molecule has 0 saturated heterocycles. The lowest BCUT2D eigenvalue weighted by Crippen LogP contribution is -2.45. The number of rotatable bonds is 10. The molecule has 0 unspecified atom stereocenters. The fourth-order valence-electron chi connectivity index (χ4n) is 4.40. The number of sulfonamides is 1. The summed E-state index contributed by atoms with van der Waals surface area (Å²) in [7, 11) is -0.0596. The third-order valence-corrected chi connectivity index (χ3v) is 8.60. The number of hydrogen-bond acceptors (Lipinski definition) is 8. The summed E-state index contributed by atoms with van der Waals surface area (Å²) in [6.07, 6.45) is 5.09. The van der Waals surface area contributed by atoms with Crippen molar-refractivity contribution >= 4 is 42.4 Å². The molecular weight excluding hydrogens is 489 g/mol. The molecule has 1 aliphatic rings. The van der Waals surface area contributed by atoms with Gasteiger partial charge in [0.05, 0.1) is 16.8 Å². The molecule has 0 amide bonds. The van der Waals surface area contributed by atoms with Crippen molar-refractivity contribution in [2.75, 3.05) is 37.3 Å². The molecule has 0 aliphatic heterocycles. The van der Waals surface area contributed by atoms with E-state index >= 15 is 0 Å². The molecule has 1 aliphatic carbocycles. The lowest BCUT2D eigenvalue weighted by Gasteiger charge is -2.37. The Balaban J connectivity index is 1.48. The molecule has 1 heterocycles. The van der Waals surface area contributed by atoms with Crippen molar-refractivity contribution in [3.8, 4) is 5.75 Å². The second-order valence-corrected chi connectivity index (χ2v) is 11.6. The van der Waals surface area contributed by atoms with E-state index in [-0.39, 0.29) is 11.2 Å². The van der Waals surface area contributed by atoms with Gasteiger partial charge in [-0.3, -0.25) is 4.72 Å². The Morgan fingerprint density at radius 3 is 2.74 bits per heavy atom. The number of thiazole rings is 1. The second kappa shape index (κ2) is 11.1. The number of ether oxygens (including phenoxy) is 1. The number of anilines is 2. The summed E-state index contributed by atoms with van der Waals surface area (Å²) in [6, 6.07) is 10.0. The van der Waals surface area contributed by atoms with Crippen LogP contribution in [0.2, 0.25) is 0 Å². The van der Waals surface area contributed by atoms with Crippen LogP contribution in [0.15, 0.2) is 41.3 Å². The zero-order chi connectivity index (χ0) is 25.0. The summed E-state index contributed by atoms with van der Waals surface area (Å²) in [5.74, 6) is -0.149. The first kappa shape index (κ1) is 25.6. The molecule has 1 fully saturated rings. The number of nitrogens with zero attached hydrogens (tertiary/aromatic N) is 2. The molecule has 3 aromatic rings. The first-order valence-corrected chi connectivity index (χ1v) is 14.1. The predicted molar refractivity (Wildman–Crippen MR) is 139 cm³/mol. The van der Waals surface area contributed by atoms with Crippen LogP contribution in [-0.4, -0.2) is 57.6 Å². The highest BCUT2D eigenvalue weighted by molar-refractivity contribution is 7.93. The maximum atomic E-state index is 15.0. The average molecular weight is 522 g/mol. The van der Waals surface area contributed by atoms with Gasteiger partial charge in [-0.15, -0.1) is 0 Å². The van der Waals surface area contributed by atoms with Crippen LogP contribution in [0.25, 0.3) is 10.2 Å². The van der Waals surface area contributed by atoms with E-state index in [1.165, 1.54) is 18.6 Å². The lowest BCUT2D eigenvalue weighted by atomic mass is 9.89. The molecular formula is C24H32FN5O3S2. The van der Waals surface area contributed by atoms with Gasteiger partial charge in [-0.1, -0.05) is 24.2 Å². The van der Waals surface area contributed by atoms with Crippen LogP contribution in [0.4, 0.5) is 15.2 Å². The molecule has 4 rings (SSSR count). The summed E-state index contributed by atoms with van der Waals surface area (Å²) in [5.41, 5.74) is 6.68. The Morgan fingerprint density at radius 1 is 1.20 bits per heavy atom. The van der Waals surface area contributed by atoms with E-state index in [2.05, 4.69) is 19.9 Å². The molecule has 0 spiro atoms. The molecule has 1 aromatic heterocycles. The van der Waals surface area contributed by atoms with Gasteiger partial charge in [0, 0.05) is 17.8 Å². The summed E-state index contributed by atoms with van der Waals surface area (Å²) >= 11 is 1.16. The van der Waals surface area contributed by atoms with Crippen molar-refractivity contribution in [1.82, 2.24) is 9.88 Å². The van der Waals surface area contributed by atoms with Gasteiger partial charge in [0.2, 0.25) is 0 Å². The largest absolute Gasteiger partial charge is 0.493 e. The van der Waals surface area contributed by atoms with Gasteiger partial charge in [0.15, 0.2) is 5.13 Å². The molecule has 11 heteroatoms. The molecule has 1 saturated carbocycles. The molecule has 8 nitrogen and oxygen atoms in total. The highest BCUT2D eigenvalue weighted by Gasteiger charge is 2.27. The van der Waals surface area contributed by atoms with E-state index in [4.69, 9.17) is 10.5 Å². The number of halogens is 1. The number of likely N-dealkylation sites (N-methyl/N-ethyl adjacent to an activating group) is 1. The van der Waals surface area contributed by atoms with Crippen LogP contribution < -0.4 is 20.5 Å². The van der Waals surface area contributed by atoms with E-state index < -0.39 is 20.7 Å². The van der Waals surface area contributed by atoms with Crippen molar-refractivity contribution < 1.29 is 17.5 Å². The van der Waals surface area contributed by atoms with Crippen molar-refractivity contribution in [3.63, 3.8) is 0 Å². The first-order chi connectivity index (χ1) is 16.8. The zero-order valence-electron chi connectivity index (χ0n) is 20.0. The summed E-state index contributed by atoms with van der Waals surface area (Å²) in [5, 5.41) is 3.56. The van der Waals surface area contributed by atoms with Gasteiger partial charge in [0.25, 0.3) is 10.0 Å². The minimum atomic E-state index is -4.15. The van der Waals surface area contributed by atoms with Gasteiger partial charge in [0.1, 0.15) is 16.5 Å². The topological polar surface area (TPSA) is 110 Å². The van der Waals surface area contributed by atoms with E-state index in [0.717, 1.165) is 41.7 Å². The Labute approximate surface area is 209 Å². The molecule has 35 heavy (non-hydrogen) atoms. The van der Waals surface area contributed by atoms with Gasteiger partial charge in [-0.25, -0.2) is 17.8 Å². The normalized spacial score (nSPS) is 18.7. The summed E-state index contributed by atoms with van der Waals surface area (Å²) in [4.78, 5) is 6.09. The van der Waals surface area contributed by atoms with Crippen molar-refractivity contribution in [3.05, 3.63) is 42.2 Å². The number of nitrogens with two attached hydrogens (primary N) is 1. The quantitative estimate of drug-likeness (QED) is 0.342. The highest BCUT2D eigenvalue weighted by atomic mass is 32.2. The van der Waals surface area contributed by atoms with E-state index in [0.29, 0.717) is 36.1 Å². The molecule has 2 atom stereocenters. The second-order valence-electron chi connectivity index (χ2n) is 8.96.